The summed E-state index contributed by atoms with van der Waals surface area (Å²) in [6, 6.07) is 0.440. The molecule has 3 fully saturated rings. The van der Waals surface area contributed by atoms with E-state index >= 15 is 0 Å². The Hall–Kier alpha value is -0.570. The molecule has 0 spiro atoms. The number of hydrogen-bond donors (Lipinski definition) is 1. The lowest BCUT2D eigenvalue weighted by molar-refractivity contribution is -0.131. The average molecular weight is 236 g/mol. The maximum Gasteiger partial charge on any atom is 0.238 e. The predicted octanol–water partition coefficient (Wildman–Crippen LogP) is 2.12. The number of carbonyl (C=O) groups excluding carboxylic acids is 1. The average Bonchev–Trinajstić information content (AvgIpc) is 2.82. The van der Waals surface area contributed by atoms with E-state index in [4.69, 9.17) is 0 Å². The second-order valence-electron chi connectivity index (χ2n) is 6.20. The molecule has 3 rings (SSSR count). The van der Waals surface area contributed by atoms with Crippen molar-refractivity contribution in [2.45, 2.75) is 64.1 Å². The van der Waals surface area contributed by atoms with E-state index in [-0.39, 0.29) is 0 Å². The van der Waals surface area contributed by atoms with E-state index in [2.05, 4.69) is 17.1 Å². The van der Waals surface area contributed by atoms with Crippen molar-refractivity contribution in [2.75, 3.05) is 6.54 Å². The number of nitrogens with zero attached hydrogens (tertiary/aromatic N) is 1. The predicted molar refractivity (Wildman–Crippen MR) is 67.4 cm³/mol. The van der Waals surface area contributed by atoms with Gasteiger partial charge in [-0.2, -0.15) is 0 Å². The van der Waals surface area contributed by atoms with Crippen LogP contribution in [-0.2, 0) is 4.79 Å². The Balaban J connectivity index is 1.66. The minimum Gasteiger partial charge on any atom is -0.323 e. The van der Waals surface area contributed by atoms with E-state index < -0.39 is 0 Å². The van der Waals surface area contributed by atoms with E-state index in [9.17, 15) is 4.79 Å². The standard InChI is InChI=1S/C14H24N2O/c1-10(8-11-6-7-11)16-13(17)9-15-14(16)12-4-2-3-5-12/h10-12,14-15H,2-9H2,1H3. The number of nitrogens with one attached hydrogen (secondary N) is 1. The molecule has 0 radical (unpaired) electrons. The molecule has 3 aliphatic rings. The van der Waals surface area contributed by atoms with Crippen LogP contribution in [0.25, 0.3) is 0 Å². The highest BCUT2D eigenvalue weighted by molar-refractivity contribution is 5.81. The molecule has 2 atom stereocenters. The fourth-order valence-corrected chi connectivity index (χ4v) is 3.67. The summed E-state index contributed by atoms with van der Waals surface area (Å²) >= 11 is 0. The summed E-state index contributed by atoms with van der Waals surface area (Å²) in [6.07, 6.45) is 9.64. The Morgan fingerprint density at radius 3 is 2.65 bits per heavy atom. The molecule has 2 saturated carbocycles. The van der Waals surface area contributed by atoms with Gasteiger partial charge in [-0.25, -0.2) is 0 Å². The molecule has 0 aromatic heterocycles. The number of hydrogen-bond acceptors (Lipinski definition) is 2. The molecule has 0 aromatic carbocycles. The van der Waals surface area contributed by atoms with E-state index in [1.54, 1.807) is 0 Å². The van der Waals surface area contributed by atoms with Gasteiger partial charge in [0.15, 0.2) is 0 Å². The highest BCUT2D eigenvalue weighted by Gasteiger charge is 2.40. The van der Waals surface area contributed by atoms with Crippen molar-refractivity contribution in [2.24, 2.45) is 11.8 Å². The van der Waals surface area contributed by atoms with E-state index in [1.165, 1.54) is 44.9 Å². The SMILES string of the molecule is CC(CC1CC1)N1C(=O)CNC1C1CCCC1. The molecule has 96 valence electrons. The quantitative estimate of drug-likeness (QED) is 0.811. The summed E-state index contributed by atoms with van der Waals surface area (Å²) < 4.78 is 0. The normalized spacial score (nSPS) is 32.4. The van der Waals surface area contributed by atoms with Crippen LogP contribution < -0.4 is 5.32 Å². The first kappa shape index (κ1) is 11.5. The van der Waals surface area contributed by atoms with Gasteiger partial charge in [-0.05, 0) is 38.0 Å². The third-order valence-corrected chi connectivity index (χ3v) is 4.74. The van der Waals surface area contributed by atoms with Crippen LogP contribution in [0.4, 0.5) is 0 Å². The van der Waals surface area contributed by atoms with E-state index in [0.717, 1.165) is 5.92 Å². The zero-order valence-corrected chi connectivity index (χ0v) is 10.8. The number of carbonyl (C=O) groups is 1. The zero-order valence-electron chi connectivity index (χ0n) is 10.8. The fraction of sp³-hybridized carbons (Fsp3) is 0.929. The first-order chi connectivity index (χ1) is 8.25. The van der Waals surface area contributed by atoms with Crippen LogP contribution in [0, 0.1) is 11.8 Å². The molecule has 0 aromatic rings. The summed E-state index contributed by atoms with van der Waals surface area (Å²) in [5.41, 5.74) is 0. The molecular formula is C14H24N2O. The highest BCUT2D eigenvalue weighted by atomic mass is 16.2. The molecule has 1 amide bonds. The topological polar surface area (TPSA) is 32.3 Å². The maximum atomic E-state index is 12.0. The van der Waals surface area contributed by atoms with Crippen LogP contribution in [-0.4, -0.2) is 29.6 Å². The molecule has 3 nitrogen and oxygen atoms in total. The minimum absolute atomic E-state index is 0.329. The lowest BCUT2D eigenvalue weighted by atomic mass is 10.0. The molecule has 1 aliphatic heterocycles. The van der Waals surface area contributed by atoms with Gasteiger partial charge in [0.2, 0.25) is 5.91 Å². The smallest absolute Gasteiger partial charge is 0.238 e. The van der Waals surface area contributed by atoms with Crippen molar-refractivity contribution in [1.29, 1.82) is 0 Å². The van der Waals surface area contributed by atoms with Crippen LogP contribution in [0.3, 0.4) is 0 Å². The molecular weight excluding hydrogens is 212 g/mol. The van der Waals surface area contributed by atoms with Gasteiger partial charge in [0.05, 0.1) is 12.7 Å². The Labute approximate surface area is 104 Å². The van der Waals surface area contributed by atoms with Crippen LogP contribution in [0.15, 0.2) is 0 Å². The molecule has 1 N–H and O–H groups in total. The summed E-state index contributed by atoms with van der Waals surface area (Å²) in [6.45, 7) is 2.81. The van der Waals surface area contributed by atoms with Crippen LogP contribution >= 0.6 is 0 Å². The van der Waals surface area contributed by atoms with Gasteiger partial charge in [0, 0.05) is 6.04 Å². The van der Waals surface area contributed by atoms with Crippen LogP contribution in [0.1, 0.15) is 51.9 Å². The van der Waals surface area contributed by atoms with Crippen LogP contribution in [0.5, 0.6) is 0 Å². The van der Waals surface area contributed by atoms with Gasteiger partial charge in [-0.15, -0.1) is 0 Å². The van der Waals surface area contributed by atoms with Gasteiger partial charge in [0.25, 0.3) is 0 Å². The monoisotopic (exact) mass is 236 g/mol. The number of rotatable bonds is 4. The summed E-state index contributed by atoms with van der Waals surface area (Å²) in [5, 5.41) is 3.45. The van der Waals surface area contributed by atoms with Crippen molar-refractivity contribution in [3.8, 4) is 0 Å². The molecule has 1 heterocycles. The Morgan fingerprint density at radius 1 is 1.29 bits per heavy atom. The Morgan fingerprint density at radius 2 is 2.00 bits per heavy atom. The van der Waals surface area contributed by atoms with Gasteiger partial charge in [0.1, 0.15) is 0 Å². The van der Waals surface area contributed by atoms with Crippen molar-refractivity contribution in [1.82, 2.24) is 10.2 Å². The van der Waals surface area contributed by atoms with Crippen molar-refractivity contribution >= 4 is 5.91 Å². The van der Waals surface area contributed by atoms with Crippen LogP contribution in [0.2, 0.25) is 0 Å². The Bertz CT molecular complexity index is 295. The van der Waals surface area contributed by atoms with Crippen molar-refractivity contribution in [3.63, 3.8) is 0 Å². The molecule has 2 unspecified atom stereocenters. The molecule has 17 heavy (non-hydrogen) atoms. The summed E-state index contributed by atoms with van der Waals surface area (Å²) in [5.74, 6) is 1.95. The Kier molecular flexibility index (Phi) is 3.12. The molecule has 0 bridgehead atoms. The number of amides is 1. The molecule has 1 saturated heterocycles. The van der Waals surface area contributed by atoms with Crippen molar-refractivity contribution < 1.29 is 4.79 Å². The maximum absolute atomic E-state index is 12.0. The van der Waals surface area contributed by atoms with E-state index in [1.807, 2.05) is 0 Å². The minimum atomic E-state index is 0.329. The fourth-order valence-electron chi connectivity index (χ4n) is 3.67. The highest BCUT2D eigenvalue weighted by Crippen LogP contribution is 2.37. The van der Waals surface area contributed by atoms with Crippen molar-refractivity contribution in [3.05, 3.63) is 0 Å². The zero-order chi connectivity index (χ0) is 11.8. The second kappa shape index (κ2) is 4.60. The third-order valence-electron chi connectivity index (χ3n) is 4.74. The van der Waals surface area contributed by atoms with Gasteiger partial charge < -0.3 is 4.90 Å². The van der Waals surface area contributed by atoms with Gasteiger partial charge >= 0.3 is 0 Å². The lowest BCUT2D eigenvalue weighted by Gasteiger charge is -2.34. The summed E-state index contributed by atoms with van der Waals surface area (Å²) in [4.78, 5) is 14.2. The van der Waals surface area contributed by atoms with E-state index in [0.29, 0.717) is 30.6 Å². The third kappa shape index (κ3) is 2.35. The summed E-state index contributed by atoms with van der Waals surface area (Å²) in [7, 11) is 0. The first-order valence-corrected chi connectivity index (χ1v) is 7.30. The molecule has 3 heteroatoms. The molecule has 2 aliphatic carbocycles. The first-order valence-electron chi connectivity index (χ1n) is 7.30. The second-order valence-corrected chi connectivity index (χ2v) is 6.20. The van der Waals surface area contributed by atoms with Gasteiger partial charge in [-0.3, -0.25) is 10.1 Å². The van der Waals surface area contributed by atoms with Gasteiger partial charge in [-0.1, -0.05) is 25.7 Å². The lowest BCUT2D eigenvalue weighted by Crippen LogP contribution is -2.47. The largest absolute Gasteiger partial charge is 0.323 e.